The minimum atomic E-state index is 0.0215. The van der Waals surface area contributed by atoms with Crippen molar-refractivity contribution in [1.82, 2.24) is 9.47 Å². The van der Waals surface area contributed by atoms with Crippen molar-refractivity contribution in [2.24, 2.45) is 0 Å². The van der Waals surface area contributed by atoms with E-state index >= 15 is 0 Å². The topological polar surface area (TPSA) is 72.8 Å². The fraction of sp³-hybridized carbons (Fsp3) is 0.240. The van der Waals surface area contributed by atoms with Crippen LogP contribution in [0, 0.1) is 22.7 Å². The zero-order chi connectivity index (χ0) is 21.5. The van der Waals surface area contributed by atoms with Crippen molar-refractivity contribution >= 4 is 5.91 Å². The van der Waals surface area contributed by atoms with Crippen molar-refractivity contribution in [2.45, 2.75) is 26.8 Å². The van der Waals surface area contributed by atoms with E-state index in [1.54, 1.807) is 18.2 Å². The normalized spacial score (nSPS) is 10.3. The first-order chi connectivity index (χ1) is 14.6. The van der Waals surface area contributed by atoms with E-state index in [1.165, 1.54) is 0 Å². The molecule has 0 atom stereocenters. The molecule has 0 saturated heterocycles. The Morgan fingerprint density at radius 1 is 0.933 bits per heavy atom. The Kier molecular flexibility index (Phi) is 6.67. The van der Waals surface area contributed by atoms with Gasteiger partial charge in [0.1, 0.15) is 0 Å². The molecule has 0 saturated carbocycles. The molecule has 30 heavy (non-hydrogen) atoms. The maximum absolute atomic E-state index is 13.1. The average molecular weight is 396 g/mol. The van der Waals surface area contributed by atoms with Gasteiger partial charge in [-0.3, -0.25) is 4.79 Å². The van der Waals surface area contributed by atoms with Gasteiger partial charge in [0.05, 0.1) is 28.8 Å². The van der Waals surface area contributed by atoms with E-state index in [-0.39, 0.29) is 5.91 Å². The highest BCUT2D eigenvalue weighted by atomic mass is 16.2. The van der Waals surface area contributed by atoms with Gasteiger partial charge in [-0.25, -0.2) is 0 Å². The van der Waals surface area contributed by atoms with Crippen molar-refractivity contribution < 1.29 is 4.79 Å². The van der Waals surface area contributed by atoms with Crippen LogP contribution >= 0.6 is 0 Å². The lowest BCUT2D eigenvalue weighted by atomic mass is 10.0. The van der Waals surface area contributed by atoms with Gasteiger partial charge >= 0.3 is 0 Å². The van der Waals surface area contributed by atoms with Crippen LogP contribution in [0.2, 0.25) is 0 Å². The molecular weight excluding hydrogens is 372 g/mol. The van der Waals surface area contributed by atoms with Crippen LogP contribution in [0.25, 0.3) is 0 Å². The van der Waals surface area contributed by atoms with E-state index in [2.05, 4.69) is 12.1 Å². The highest BCUT2D eigenvalue weighted by Crippen LogP contribution is 2.20. The number of amides is 1. The van der Waals surface area contributed by atoms with Gasteiger partial charge in [0.25, 0.3) is 5.91 Å². The fourth-order valence-corrected chi connectivity index (χ4v) is 3.53. The molecule has 0 aliphatic carbocycles. The van der Waals surface area contributed by atoms with Gasteiger partial charge in [-0.15, -0.1) is 0 Å². The third-order valence-corrected chi connectivity index (χ3v) is 5.14. The fourth-order valence-electron chi connectivity index (χ4n) is 3.53. The number of hydrogen-bond acceptors (Lipinski definition) is 3. The number of carbonyl (C=O) groups excluding carboxylic acids is 1. The Bertz CT molecular complexity index is 1110. The Labute approximate surface area is 177 Å². The van der Waals surface area contributed by atoms with E-state index in [1.807, 2.05) is 66.0 Å². The lowest BCUT2D eigenvalue weighted by Crippen LogP contribution is -2.30. The minimum absolute atomic E-state index is 0.0215. The second-order valence-corrected chi connectivity index (χ2v) is 7.14. The van der Waals surface area contributed by atoms with Crippen molar-refractivity contribution in [2.75, 3.05) is 13.1 Å². The number of rotatable bonds is 7. The van der Waals surface area contributed by atoms with Gasteiger partial charge in [0, 0.05) is 32.0 Å². The molecular formula is C25H24N4O. The lowest BCUT2D eigenvalue weighted by Gasteiger charge is -2.18. The maximum atomic E-state index is 13.1. The molecule has 0 bridgehead atoms. The Balaban J connectivity index is 1.94. The van der Waals surface area contributed by atoms with Gasteiger partial charge in [-0.2, -0.15) is 10.5 Å². The molecule has 150 valence electrons. The summed E-state index contributed by atoms with van der Waals surface area (Å²) in [6, 6.07) is 19.3. The molecule has 3 aromatic rings. The van der Waals surface area contributed by atoms with Crippen LogP contribution < -0.4 is 0 Å². The molecule has 1 aromatic heterocycles. The van der Waals surface area contributed by atoms with Gasteiger partial charge in [-0.05, 0) is 61.2 Å². The summed E-state index contributed by atoms with van der Waals surface area (Å²) in [6.45, 7) is 5.85. The average Bonchev–Trinajstić information content (AvgIpc) is 3.17. The van der Waals surface area contributed by atoms with E-state index in [0.29, 0.717) is 42.7 Å². The summed E-state index contributed by atoms with van der Waals surface area (Å²) in [5.74, 6) is 0.0215. The summed E-state index contributed by atoms with van der Waals surface area (Å²) in [7, 11) is 0. The summed E-state index contributed by atoms with van der Waals surface area (Å²) >= 11 is 0. The van der Waals surface area contributed by atoms with E-state index in [9.17, 15) is 4.79 Å². The Morgan fingerprint density at radius 2 is 1.63 bits per heavy atom. The van der Waals surface area contributed by atoms with E-state index < -0.39 is 0 Å². The van der Waals surface area contributed by atoms with Crippen LogP contribution in [0.4, 0.5) is 0 Å². The van der Waals surface area contributed by atoms with Crippen LogP contribution in [0.15, 0.2) is 60.9 Å². The first kappa shape index (κ1) is 20.9. The second kappa shape index (κ2) is 9.58. The van der Waals surface area contributed by atoms with Crippen LogP contribution in [0.5, 0.6) is 0 Å². The van der Waals surface area contributed by atoms with Crippen molar-refractivity contribution in [3.63, 3.8) is 0 Å². The molecule has 0 radical (unpaired) electrons. The largest absolute Gasteiger partial charge is 0.349 e. The van der Waals surface area contributed by atoms with Gasteiger partial charge in [0.15, 0.2) is 0 Å². The van der Waals surface area contributed by atoms with Gasteiger partial charge < -0.3 is 9.47 Å². The quantitative estimate of drug-likeness (QED) is 0.596. The zero-order valence-corrected chi connectivity index (χ0v) is 17.3. The number of carbonyl (C=O) groups is 1. The zero-order valence-electron chi connectivity index (χ0n) is 17.3. The maximum Gasteiger partial charge on any atom is 0.255 e. The van der Waals surface area contributed by atoms with Gasteiger partial charge in [0.2, 0.25) is 0 Å². The Hall–Kier alpha value is -3.83. The van der Waals surface area contributed by atoms with Crippen LogP contribution in [-0.2, 0) is 13.0 Å². The van der Waals surface area contributed by atoms with Crippen molar-refractivity contribution in [3.05, 3.63) is 94.3 Å². The summed E-state index contributed by atoms with van der Waals surface area (Å²) in [5.41, 5.74) is 4.94. The summed E-state index contributed by atoms with van der Waals surface area (Å²) in [5, 5.41) is 18.1. The molecule has 3 rings (SSSR count). The highest BCUT2D eigenvalue weighted by Gasteiger charge is 2.19. The predicted molar refractivity (Wildman–Crippen MR) is 116 cm³/mol. The predicted octanol–water partition coefficient (Wildman–Crippen LogP) is 4.35. The first-order valence-electron chi connectivity index (χ1n) is 10.0. The molecule has 1 heterocycles. The minimum Gasteiger partial charge on any atom is -0.349 e. The first-order valence-corrected chi connectivity index (χ1v) is 10.0. The molecule has 0 aliphatic heterocycles. The molecule has 0 N–H and O–H groups in total. The molecule has 0 aliphatic rings. The molecule has 0 fully saturated rings. The van der Waals surface area contributed by atoms with Crippen LogP contribution in [-0.4, -0.2) is 28.5 Å². The number of nitrogens with zero attached hydrogens (tertiary/aromatic N) is 4. The van der Waals surface area contributed by atoms with E-state index in [0.717, 1.165) is 16.7 Å². The molecule has 0 unspecified atom stereocenters. The van der Waals surface area contributed by atoms with Gasteiger partial charge in [-0.1, -0.05) is 24.3 Å². The molecule has 0 spiro atoms. The Morgan fingerprint density at radius 3 is 2.27 bits per heavy atom. The van der Waals surface area contributed by atoms with Crippen LogP contribution in [0.3, 0.4) is 0 Å². The SMILES string of the molecule is CCN(CC)C(=O)c1cn(Cc2cccc(C#N)c2)cc1Cc1ccc(C#N)cc1. The summed E-state index contributed by atoms with van der Waals surface area (Å²) in [6.07, 6.45) is 4.52. The second-order valence-electron chi connectivity index (χ2n) is 7.14. The monoisotopic (exact) mass is 396 g/mol. The summed E-state index contributed by atoms with van der Waals surface area (Å²) in [4.78, 5) is 14.9. The summed E-state index contributed by atoms with van der Waals surface area (Å²) < 4.78 is 2.01. The molecule has 5 heteroatoms. The van der Waals surface area contributed by atoms with Crippen LogP contribution in [0.1, 0.15) is 52.0 Å². The third-order valence-electron chi connectivity index (χ3n) is 5.14. The number of aromatic nitrogens is 1. The molecule has 2 aromatic carbocycles. The number of benzene rings is 2. The molecule has 1 amide bonds. The number of hydrogen-bond donors (Lipinski definition) is 0. The highest BCUT2D eigenvalue weighted by molar-refractivity contribution is 5.95. The smallest absolute Gasteiger partial charge is 0.255 e. The standard InChI is InChI=1S/C25H24N4O/c1-3-29(4-2)25(30)24-18-28(16-22-7-5-6-21(12-22)15-27)17-23(24)13-19-8-10-20(14-26)11-9-19/h5-12,17-18H,3-4,13,16H2,1-2H3. The molecule has 5 nitrogen and oxygen atoms in total. The van der Waals surface area contributed by atoms with E-state index in [4.69, 9.17) is 10.5 Å². The van der Waals surface area contributed by atoms with Crippen molar-refractivity contribution in [1.29, 1.82) is 10.5 Å². The van der Waals surface area contributed by atoms with Crippen molar-refractivity contribution in [3.8, 4) is 12.1 Å². The lowest BCUT2D eigenvalue weighted by molar-refractivity contribution is 0.0772. The third kappa shape index (κ3) is 4.77. The number of nitriles is 2.